The molecule has 0 radical (unpaired) electrons. The molecule has 5 nitrogen and oxygen atoms in total. The van der Waals surface area contributed by atoms with E-state index < -0.39 is 11.5 Å². The average molecular weight is 380 g/mol. The normalized spacial score (nSPS) is 11.6. The van der Waals surface area contributed by atoms with E-state index in [4.69, 9.17) is 9.47 Å². The molecule has 1 aromatic carbocycles. The van der Waals surface area contributed by atoms with E-state index in [1.807, 2.05) is 13.8 Å². The second-order valence-corrected chi connectivity index (χ2v) is 6.08. The van der Waals surface area contributed by atoms with Gasteiger partial charge >= 0.3 is 11.5 Å². The van der Waals surface area contributed by atoms with Crippen LogP contribution < -0.4 is 10.6 Å². The molecule has 0 saturated heterocycles. The maximum atomic E-state index is 12.4. The molecule has 0 aliphatic carbocycles. The van der Waals surface area contributed by atoms with Crippen LogP contribution in [0.1, 0.15) is 26.7 Å². The summed E-state index contributed by atoms with van der Waals surface area (Å²) in [5.74, 6) is 0. The molecule has 0 unspecified atom stereocenters. The van der Waals surface area contributed by atoms with Crippen molar-refractivity contribution in [2.75, 3.05) is 25.1 Å². The van der Waals surface area contributed by atoms with Gasteiger partial charge in [-0.05, 0) is 50.2 Å². The lowest BCUT2D eigenvalue weighted by Crippen LogP contribution is -2.30. The fourth-order valence-corrected chi connectivity index (χ4v) is 2.60. The van der Waals surface area contributed by atoms with Gasteiger partial charge in [-0.2, -0.15) is 13.2 Å². The second kappa shape index (κ2) is 11.2. The van der Waals surface area contributed by atoms with Crippen molar-refractivity contribution in [3.8, 4) is 0 Å². The smallest absolute Gasteiger partial charge is 0.353 e. The summed E-state index contributed by atoms with van der Waals surface area (Å²) in [5.41, 5.74) is -4.06. The van der Waals surface area contributed by atoms with Crippen molar-refractivity contribution < 1.29 is 27.4 Å². The van der Waals surface area contributed by atoms with Crippen molar-refractivity contribution in [1.82, 2.24) is 5.32 Å². The summed E-state index contributed by atoms with van der Waals surface area (Å²) in [4.78, 5) is 11.8. The Morgan fingerprint density at radius 3 is 2.52 bits per heavy atom. The molecule has 0 aromatic heterocycles. The number of hydrogen-bond donors (Lipinski definition) is 2. The van der Waals surface area contributed by atoms with Gasteiger partial charge in [0.2, 0.25) is 0 Å². The maximum absolute atomic E-state index is 12.4. The lowest BCUT2D eigenvalue weighted by molar-refractivity contribution is -0.139. The summed E-state index contributed by atoms with van der Waals surface area (Å²) in [6, 6.07) is 5.12. The molecule has 0 saturated carbocycles. The van der Waals surface area contributed by atoms with Crippen molar-refractivity contribution in [3.05, 3.63) is 24.3 Å². The first kappa shape index (κ1) is 21.6. The van der Waals surface area contributed by atoms with Gasteiger partial charge in [0, 0.05) is 36.8 Å². The first-order valence-electron chi connectivity index (χ1n) is 7.98. The van der Waals surface area contributed by atoms with E-state index in [2.05, 4.69) is 10.6 Å². The number of halogens is 3. The topological polar surface area (TPSA) is 59.6 Å². The molecular formula is C16H23F3N2O3S. The van der Waals surface area contributed by atoms with E-state index >= 15 is 0 Å². The van der Waals surface area contributed by atoms with Crippen LogP contribution in [0.15, 0.2) is 29.2 Å². The molecule has 0 spiro atoms. The van der Waals surface area contributed by atoms with Crippen LogP contribution in [-0.2, 0) is 9.47 Å². The Kier molecular flexibility index (Phi) is 9.69. The molecule has 0 heterocycles. The second-order valence-electron chi connectivity index (χ2n) is 4.94. The molecule has 2 amide bonds. The van der Waals surface area contributed by atoms with Crippen LogP contribution in [0.5, 0.6) is 0 Å². The van der Waals surface area contributed by atoms with Gasteiger partial charge in [-0.1, -0.05) is 6.07 Å². The molecule has 0 bridgehead atoms. The summed E-state index contributed by atoms with van der Waals surface area (Å²) in [5, 5.41) is 5.16. The number of rotatable bonds is 10. The van der Waals surface area contributed by atoms with Crippen molar-refractivity contribution in [3.63, 3.8) is 0 Å². The van der Waals surface area contributed by atoms with Crippen LogP contribution in [0.4, 0.5) is 23.7 Å². The Hall–Kier alpha value is -1.45. The van der Waals surface area contributed by atoms with E-state index in [9.17, 15) is 18.0 Å². The average Bonchev–Trinajstić information content (AvgIpc) is 2.50. The minimum atomic E-state index is -4.36. The predicted molar refractivity (Wildman–Crippen MR) is 91.6 cm³/mol. The minimum Gasteiger partial charge on any atom is -0.353 e. The highest BCUT2D eigenvalue weighted by atomic mass is 32.2. The van der Waals surface area contributed by atoms with E-state index in [0.717, 1.165) is 0 Å². The summed E-state index contributed by atoms with van der Waals surface area (Å²) < 4.78 is 47.9. The van der Waals surface area contributed by atoms with E-state index in [-0.39, 0.29) is 22.9 Å². The molecular weight excluding hydrogens is 357 g/mol. The van der Waals surface area contributed by atoms with Gasteiger partial charge in [0.05, 0.1) is 0 Å². The zero-order chi connectivity index (χ0) is 18.7. The standard InChI is InChI=1S/C16H23F3N2O3S/c1-3-23-14(24-4-2)9-6-10-20-15(22)21-12-7-5-8-13(11-12)25-16(17,18)19/h5,7-8,11,14H,3-4,6,9-10H2,1-2H3,(H2,20,21,22). The fraction of sp³-hybridized carbons (Fsp3) is 0.562. The third-order valence-electron chi connectivity index (χ3n) is 2.93. The minimum absolute atomic E-state index is 0.0153. The van der Waals surface area contributed by atoms with Crippen molar-refractivity contribution in [1.29, 1.82) is 0 Å². The number of amides is 2. The maximum Gasteiger partial charge on any atom is 0.446 e. The number of ether oxygens (including phenoxy) is 2. The molecule has 0 atom stereocenters. The van der Waals surface area contributed by atoms with Crippen molar-refractivity contribution in [2.24, 2.45) is 0 Å². The molecule has 9 heteroatoms. The summed E-state index contributed by atoms with van der Waals surface area (Å²) in [7, 11) is 0. The molecule has 25 heavy (non-hydrogen) atoms. The monoisotopic (exact) mass is 380 g/mol. The largest absolute Gasteiger partial charge is 0.446 e. The Labute approximate surface area is 149 Å². The molecule has 142 valence electrons. The van der Waals surface area contributed by atoms with Crippen LogP contribution in [0.25, 0.3) is 0 Å². The number of hydrogen-bond acceptors (Lipinski definition) is 4. The summed E-state index contributed by atoms with van der Waals surface area (Å²) in [6.07, 6.45) is 0.998. The van der Waals surface area contributed by atoms with Gasteiger partial charge < -0.3 is 20.1 Å². The number of urea groups is 1. The van der Waals surface area contributed by atoms with Crippen LogP contribution in [-0.4, -0.2) is 37.6 Å². The lowest BCUT2D eigenvalue weighted by atomic mass is 10.3. The van der Waals surface area contributed by atoms with Crippen LogP contribution >= 0.6 is 11.8 Å². The molecule has 0 fully saturated rings. The third-order valence-corrected chi connectivity index (χ3v) is 3.65. The van der Waals surface area contributed by atoms with Gasteiger partial charge in [-0.15, -0.1) is 0 Å². The first-order valence-corrected chi connectivity index (χ1v) is 8.79. The number of nitrogens with one attached hydrogen (secondary N) is 2. The number of anilines is 1. The SMILES string of the molecule is CCOC(CCCNC(=O)Nc1cccc(SC(F)(F)F)c1)OCC. The van der Waals surface area contributed by atoms with Gasteiger partial charge in [-0.25, -0.2) is 4.79 Å². The summed E-state index contributed by atoms with van der Waals surface area (Å²) >= 11 is -0.224. The molecule has 1 aromatic rings. The number of carbonyl (C=O) groups is 1. The van der Waals surface area contributed by atoms with Gasteiger partial charge in [0.1, 0.15) is 0 Å². The number of thioether (sulfide) groups is 1. The zero-order valence-electron chi connectivity index (χ0n) is 14.2. The quantitative estimate of drug-likeness (QED) is 0.354. The van der Waals surface area contributed by atoms with Gasteiger partial charge in [-0.3, -0.25) is 0 Å². The van der Waals surface area contributed by atoms with Crippen LogP contribution in [0, 0.1) is 0 Å². The summed E-state index contributed by atoms with van der Waals surface area (Å²) in [6.45, 7) is 5.25. The Balaban J connectivity index is 2.36. The molecule has 0 aliphatic rings. The number of alkyl halides is 3. The van der Waals surface area contributed by atoms with Crippen molar-refractivity contribution in [2.45, 2.75) is 43.4 Å². The molecule has 2 N–H and O–H groups in total. The zero-order valence-corrected chi connectivity index (χ0v) is 15.0. The van der Waals surface area contributed by atoms with Crippen LogP contribution in [0.3, 0.4) is 0 Å². The fourth-order valence-electron chi connectivity index (χ4n) is 2.00. The van der Waals surface area contributed by atoms with E-state index in [1.165, 1.54) is 24.3 Å². The van der Waals surface area contributed by atoms with E-state index in [0.29, 0.717) is 38.3 Å². The van der Waals surface area contributed by atoms with E-state index in [1.54, 1.807) is 0 Å². The van der Waals surface area contributed by atoms with Gasteiger partial charge in [0.25, 0.3) is 0 Å². The Bertz CT molecular complexity index is 524. The molecule has 0 aliphatic heterocycles. The first-order chi connectivity index (χ1) is 11.8. The van der Waals surface area contributed by atoms with Crippen LogP contribution in [0.2, 0.25) is 0 Å². The number of benzene rings is 1. The highest BCUT2D eigenvalue weighted by molar-refractivity contribution is 8.00. The van der Waals surface area contributed by atoms with Crippen molar-refractivity contribution >= 4 is 23.5 Å². The Morgan fingerprint density at radius 2 is 1.92 bits per heavy atom. The van der Waals surface area contributed by atoms with Gasteiger partial charge in [0.15, 0.2) is 6.29 Å². The molecule has 1 rings (SSSR count). The highest BCUT2D eigenvalue weighted by Crippen LogP contribution is 2.37. The Morgan fingerprint density at radius 1 is 1.24 bits per heavy atom. The highest BCUT2D eigenvalue weighted by Gasteiger charge is 2.29. The predicted octanol–water partition coefficient (Wildman–Crippen LogP) is 4.60. The third kappa shape index (κ3) is 10.2. The number of carbonyl (C=O) groups excluding carboxylic acids is 1. The lowest BCUT2D eigenvalue weighted by Gasteiger charge is -2.16.